The molecule has 1 aliphatic carbocycles. The number of hydrogen-bond acceptors (Lipinski definition) is 2. The lowest BCUT2D eigenvalue weighted by Crippen LogP contribution is -2.32. The van der Waals surface area contributed by atoms with Crippen LogP contribution in [0.5, 0.6) is 0 Å². The zero-order chi connectivity index (χ0) is 14.8. The lowest BCUT2D eigenvalue weighted by Gasteiger charge is -2.20. The highest BCUT2D eigenvalue weighted by Crippen LogP contribution is 2.42. The van der Waals surface area contributed by atoms with Crippen molar-refractivity contribution in [1.29, 1.82) is 0 Å². The summed E-state index contributed by atoms with van der Waals surface area (Å²) in [6.07, 6.45) is 3.15. The first-order valence-electron chi connectivity index (χ1n) is 7.45. The van der Waals surface area contributed by atoms with E-state index >= 15 is 0 Å². The van der Waals surface area contributed by atoms with Crippen LogP contribution >= 0.6 is 0 Å². The van der Waals surface area contributed by atoms with Gasteiger partial charge in [0.1, 0.15) is 11.6 Å². The van der Waals surface area contributed by atoms with Crippen LogP contribution < -0.4 is 5.32 Å². The minimum atomic E-state index is -0.476. The molecule has 1 aromatic carbocycles. The molecule has 0 bridgehead atoms. The van der Waals surface area contributed by atoms with Gasteiger partial charge < -0.3 is 10.1 Å². The van der Waals surface area contributed by atoms with Crippen LogP contribution in [-0.4, -0.2) is 19.1 Å². The van der Waals surface area contributed by atoms with Gasteiger partial charge in [-0.05, 0) is 49.3 Å². The SMILES string of the molecule is O=C(C[C@@H]1CCOC1)N[C@@H](c1cc(F)ccc1F)C1CC1. The van der Waals surface area contributed by atoms with Gasteiger partial charge in [-0.2, -0.15) is 0 Å². The molecule has 0 radical (unpaired) electrons. The van der Waals surface area contributed by atoms with Crippen LogP contribution in [0.4, 0.5) is 8.78 Å². The molecule has 1 amide bonds. The molecule has 114 valence electrons. The lowest BCUT2D eigenvalue weighted by atomic mass is 9.99. The molecular formula is C16H19F2NO2. The van der Waals surface area contributed by atoms with Crippen LogP contribution in [0.3, 0.4) is 0 Å². The highest BCUT2D eigenvalue weighted by molar-refractivity contribution is 5.76. The molecule has 5 heteroatoms. The molecule has 3 rings (SSSR count). The Morgan fingerprint density at radius 3 is 2.81 bits per heavy atom. The highest BCUT2D eigenvalue weighted by atomic mass is 19.1. The predicted octanol–water partition coefficient (Wildman–Crippen LogP) is 2.96. The van der Waals surface area contributed by atoms with Crippen molar-refractivity contribution >= 4 is 5.91 Å². The Kier molecular flexibility index (Phi) is 4.19. The van der Waals surface area contributed by atoms with Crippen molar-refractivity contribution in [2.75, 3.05) is 13.2 Å². The van der Waals surface area contributed by atoms with Crippen LogP contribution in [0.2, 0.25) is 0 Å². The van der Waals surface area contributed by atoms with E-state index < -0.39 is 17.7 Å². The summed E-state index contributed by atoms with van der Waals surface area (Å²) in [7, 11) is 0. The number of amides is 1. The third-order valence-electron chi connectivity index (χ3n) is 4.20. The van der Waals surface area contributed by atoms with Crippen molar-refractivity contribution in [3.05, 3.63) is 35.4 Å². The molecule has 1 N–H and O–H groups in total. The first-order valence-corrected chi connectivity index (χ1v) is 7.45. The smallest absolute Gasteiger partial charge is 0.220 e. The largest absolute Gasteiger partial charge is 0.381 e. The summed E-state index contributed by atoms with van der Waals surface area (Å²) in [5.74, 6) is -0.591. The van der Waals surface area contributed by atoms with E-state index in [1.807, 2.05) is 0 Å². The van der Waals surface area contributed by atoms with E-state index in [4.69, 9.17) is 4.74 Å². The van der Waals surface area contributed by atoms with Crippen LogP contribution in [0.1, 0.15) is 37.3 Å². The van der Waals surface area contributed by atoms with E-state index in [1.165, 1.54) is 6.07 Å². The van der Waals surface area contributed by atoms with Gasteiger partial charge in [0.15, 0.2) is 0 Å². The molecule has 1 aromatic rings. The van der Waals surface area contributed by atoms with Gasteiger partial charge in [-0.15, -0.1) is 0 Å². The third-order valence-corrected chi connectivity index (χ3v) is 4.20. The van der Waals surface area contributed by atoms with Crippen LogP contribution in [0, 0.1) is 23.5 Å². The molecule has 0 aromatic heterocycles. The minimum Gasteiger partial charge on any atom is -0.381 e. The van der Waals surface area contributed by atoms with E-state index in [0.29, 0.717) is 19.6 Å². The van der Waals surface area contributed by atoms with E-state index in [1.54, 1.807) is 0 Å². The van der Waals surface area contributed by atoms with Gasteiger partial charge >= 0.3 is 0 Å². The molecule has 2 aliphatic rings. The van der Waals surface area contributed by atoms with Gasteiger partial charge in [0.25, 0.3) is 0 Å². The summed E-state index contributed by atoms with van der Waals surface area (Å²) >= 11 is 0. The number of hydrogen-bond donors (Lipinski definition) is 1. The molecule has 1 saturated carbocycles. The second-order valence-corrected chi connectivity index (χ2v) is 5.98. The number of nitrogens with one attached hydrogen (secondary N) is 1. The molecule has 2 fully saturated rings. The molecule has 2 atom stereocenters. The lowest BCUT2D eigenvalue weighted by molar-refractivity contribution is -0.123. The van der Waals surface area contributed by atoms with E-state index in [-0.39, 0.29) is 23.3 Å². The standard InChI is InChI=1S/C16H19F2NO2/c17-12-3-4-14(18)13(8-12)16(11-1-2-11)19-15(20)7-10-5-6-21-9-10/h3-4,8,10-11,16H,1-2,5-7,9H2,(H,19,20)/t10-,16+/m0/s1. The number of rotatable bonds is 5. The summed E-state index contributed by atoms with van der Waals surface area (Å²) < 4.78 is 32.5. The molecular weight excluding hydrogens is 276 g/mol. The Bertz CT molecular complexity index is 525. The summed E-state index contributed by atoms with van der Waals surface area (Å²) in [5.41, 5.74) is 0.258. The summed E-state index contributed by atoms with van der Waals surface area (Å²) in [5, 5.41) is 2.89. The highest BCUT2D eigenvalue weighted by Gasteiger charge is 2.35. The van der Waals surface area contributed by atoms with Crippen LogP contribution in [0.15, 0.2) is 18.2 Å². The molecule has 1 heterocycles. The fourth-order valence-corrected chi connectivity index (χ4v) is 2.87. The van der Waals surface area contributed by atoms with Crippen LogP contribution in [0.25, 0.3) is 0 Å². The van der Waals surface area contributed by atoms with Crippen molar-refractivity contribution in [3.63, 3.8) is 0 Å². The van der Waals surface area contributed by atoms with Gasteiger partial charge in [-0.3, -0.25) is 4.79 Å². The first-order chi connectivity index (χ1) is 10.1. The molecule has 1 saturated heterocycles. The monoisotopic (exact) mass is 295 g/mol. The second-order valence-electron chi connectivity index (χ2n) is 5.98. The van der Waals surface area contributed by atoms with Crippen molar-refractivity contribution in [2.24, 2.45) is 11.8 Å². The Morgan fingerprint density at radius 2 is 2.14 bits per heavy atom. The summed E-state index contributed by atoms with van der Waals surface area (Å²) in [6.45, 7) is 1.30. The predicted molar refractivity (Wildman–Crippen MR) is 73.5 cm³/mol. The topological polar surface area (TPSA) is 38.3 Å². The van der Waals surface area contributed by atoms with Crippen molar-refractivity contribution in [1.82, 2.24) is 5.32 Å². The van der Waals surface area contributed by atoms with Gasteiger partial charge in [0, 0.05) is 25.2 Å². The zero-order valence-corrected chi connectivity index (χ0v) is 11.8. The molecule has 21 heavy (non-hydrogen) atoms. The number of halogens is 2. The van der Waals surface area contributed by atoms with E-state index in [0.717, 1.165) is 31.4 Å². The fraction of sp³-hybridized carbons (Fsp3) is 0.562. The molecule has 0 spiro atoms. The first kappa shape index (κ1) is 14.4. The maximum Gasteiger partial charge on any atom is 0.220 e. The normalized spacial score (nSPS) is 23.0. The molecule has 1 aliphatic heterocycles. The van der Waals surface area contributed by atoms with E-state index in [2.05, 4.69) is 5.32 Å². The van der Waals surface area contributed by atoms with Gasteiger partial charge in [-0.25, -0.2) is 8.78 Å². The van der Waals surface area contributed by atoms with Crippen molar-refractivity contribution in [3.8, 4) is 0 Å². The van der Waals surface area contributed by atoms with Gasteiger partial charge in [0.2, 0.25) is 5.91 Å². The number of ether oxygens (including phenoxy) is 1. The molecule has 3 nitrogen and oxygen atoms in total. The third kappa shape index (κ3) is 3.59. The minimum absolute atomic E-state index is 0.105. The maximum absolute atomic E-state index is 13.9. The fourth-order valence-electron chi connectivity index (χ4n) is 2.87. The molecule has 0 unspecified atom stereocenters. The second kappa shape index (κ2) is 6.10. The van der Waals surface area contributed by atoms with Crippen LogP contribution in [-0.2, 0) is 9.53 Å². The number of benzene rings is 1. The zero-order valence-electron chi connectivity index (χ0n) is 11.8. The average Bonchev–Trinajstić information content (AvgIpc) is 3.17. The average molecular weight is 295 g/mol. The van der Waals surface area contributed by atoms with Gasteiger partial charge in [0.05, 0.1) is 6.04 Å². The Hall–Kier alpha value is -1.49. The quantitative estimate of drug-likeness (QED) is 0.907. The Labute approximate surface area is 122 Å². The van der Waals surface area contributed by atoms with E-state index in [9.17, 15) is 13.6 Å². The Balaban J connectivity index is 1.69. The Morgan fingerprint density at radius 1 is 1.33 bits per heavy atom. The maximum atomic E-state index is 13.9. The summed E-state index contributed by atoms with van der Waals surface area (Å²) in [4.78, 5) is 12.1. The van der Waals surface area contributed by atoms with Crippen molar-refractivity contribution in [2.45, 2.75) is 31.7 Å². The van der Waals surface area contributed by atoms with Crippen molar-refractivity contribution < 1.29 is 18.3 Å². The summed E-state index contributed by atoms with van der Waals surface area (Å²) in [6, 6.07) is 2.99. The number of carbonyl (C=O) groups excluding carboxylic acids is 1. The number of carbonyl (C=O) groups is 1. The van der Waals surface area contributed by atoms with Gasteiger partial charge in [-0.1, -0.05) is 0 Å².